The number of ether oxygens (including phenoxy) is 1. The summed E-state index contributed by atoms with van der Waals surface area (Å²) < 4.78 is 6.21. The van der Waals surface area contributed by atoms with Crippen LogP contribution in [0, 0.1) is 5.92 Å². The molecule has 0 spiro atoms. The largest absolute Gasteiger partial charge is 0.370 e. The molecule has 0 aliphatic carbocycles. The van der Waals surface area contributed by atoms with Crippen LogP contribution in [-0.2, 0) is 9.53 Å². The zero-order valence-corrected chi connectivity index (χ0v) is 14.6. The summed E-state index contributed by atoms with van der Waals surface area (Å²) in [5.41, 5.74) is 0.766. The van der Waals surface area contributed by atoms with E-state index in [1.807, 2.05) is 0 Å². The number of carbonyl (C=O) groups excluding carboxylic acids is 1. The highest BCUT2D eigenvalue weighted by atomic mass is 35.5. The molecule has 6 heteroatoms. The highest BCUT2D eigenvalue weighted by molar-refractivity contribution is 6.35. The molecule has 122 valence electrons. The van der Waals surface area contributed by atoms with Crippen LogP contribution in [0.2, 0.25) is 10.0 Å². The van der Waals surface area contributed by atoms with Gasteiger partial charge in [0.1, 0.15) is 0 Å². The van der Waals surface area contributed by atoms with E-state index in [0.29, 0.717) is 22.4 Å². The minimum Gasteiger partial charge on any atom is -0.370 e. The van der Waals surface area contributed by atoms with Gasteiger partial charge in [0.25, 0.3) is 0 Å². The van der Waals surface area contributed by atoms with Gasteiger partial charge in [-0.15, -0.1) is 0 Å². The zero-order chi connectivity index (χ0) is 16.3. The van der Waals surface area contributed by atoms with Gasteiger partial charge in [0.15, 0.2) is 0 Å². The van der Waals surface area contributed by atoms with Gasteiger partial charge in [-0.25, -0.2) is 0 Å². The lowest BCUT2D eigenvalue weighted by Gasteiger charge is -2.37. The van der Waals surface area contributed by atoms with Crippen LogP contribution >= 0.6 is 23.2 Å². The average Bonchev–Trinajstić information content (AvgIpc) is 2.36. The molecule has 1 fully saturated rings. The van der Waals surface area contributed by atoms with Gasteiger partial charge in [-0.1, -0.05) is 37.0 Å². The van der Waals surface area contributed by atoms with Crippen LogP contribution in [0.1, 0.15) is 51.7 Å². The van der Waals surface area contributed by atoms with E-state index in [1.54, 1.807) is 12.4 Å². The van der Waals surface area contributed by atoms with Gasteiger partial charge in [0.2, 0.25) is 5.91 Å². The van der Waals surface area contributed by atoms with E-state index in [0.717, 1.165) is 18.4 Å². The quantitative estimate of drug-likeness (QED) is 0.891. The summed E-state index contributed by atoms with van der Waals surface area (Å²) in [4.78, 5) is 15.4. The normalized spacial score (nSPS) is 25.3. The van der Waals surface area contributed by atoms with Gasteiger partial charge in [-0.05, 0) is 25.2 Å². The Bertz CT molecular complexity index is 517. The van der Waals surface area contributed by atoms with Gasteiger partial charge in [0.05, 0.1) is 22.3 Å². The van der Waals surface area contributed by atoms with Crippen molar-refractivity contribution < 1.29 is 9.53 Å². The third kappa shape index (κ3) is 4.58. The Morgan fingerprint density at radius 3 is 2.55 bits per heavy atom. The molecule has 3 atom stereocenters. The van der Waals surface area contributed by atoms with Crippen molar-refractivity contribution in [3.05, 3.63) is 28.0 Å². The Morgan fingerprint density at radius 2 is 2.00 bits per heavy atom. The van der Waals surface area contributed by atoms with Crippen molar-refractivity contribution >= 4 is 29.1 Å². The van der Waals surface area contributed by atoms with Crippen LogP contribution in [0.15, 0.2) is 12.4 Å². The van der Waals surface area contributed by atoms with Crippen LogP contribution in [0.4, 0.5) is 0 Å². The van der Waals surface area contributed by atoms with Gasteiger partial charge >= 0.3 is 0 Å². The van der Waals surface area contributed by atoms with E-state index < -0.39 is 0 Å². The first-order chi connectivity index (χ1) is 10.4. The van der Waals surface area contributed by atoms with Crippen molar-refractivity contribution in [1.29, 1.82) is 0 Å². The number of nitrogens with zero attached hydrogens (tertiary/aromatic N) is 1. The number of pyridine rings is 1. The molecule has 0 aromatic carbocycles. The predicted molar refractivity (Wildman–Crippen MR) is 88.2 cm³/mol. The van der Waals surface area contributed by atoms with Crippen LogP contribution in [0.25, 0.3) is 0 Å². The first-order valence-electron chi connectivity index (χ1n) is 7.58. The number of halogens is 2. The second kappa shape index (κ2) is 7.62. The summed E-state index contributed by atoms with van der Waals surface area (Å²) in [6, 6.07) is 0.0697. The third-order valence-electron chi connectivity index (χ3n) is 3.76. The average molecular weight is 345 g/mol. The Hall–Kier alpha value is -0.840. The lowest BCUT2D eigenvalue weighted by molar-refractivity contribution is -0.122. The molecule has 0 bridgehead atoms. The van der Waals surface area contributed by atoms with Crippen molar-refractivity contribution in [1.82, 2.24) is 10.3 Å². The van der Waals surface area contributed by atoms with Crippen molar-refractivity contribution in [3.8, 4) is 0 Å². The highest BCUT2D eigenvalue weighted by Crippen LogP contribution is 2.39. The maximum atomic E-state index is 11.4. The number of aromatic nitrogens is 1. The molecule has 1 aliphatic heterocycles. The van der Waals surface area contributed by atoms with Crippen molar-refractivity contribution in [3.63, 3.8) is 0 Å². The Balaban J connectivity index is 2.23. The summed E-state index contributed by atoms with van der Waals surface area (Å²) in [6.45, 7) is 5.86. The standard InChI is InChI=1S/C16H22Cl2N2O2/c1-9(2)4-12-5-11(20-10(3)21)6-15(22-12)16-13(17)7-19-8-14(16)18/h7-9,11-12,15H,4-6H2,1-3H3,(H,20,21)/t11-,12+,15+/m1/s1. The van der Waals surface area contributed by atoms with E-state index in [9.17, 15) is 4.79 Å². The lowest BCUT2D eigenvalue weighted by atomic mass is 9.91. The van der Waals surface area contributed by atoms with E-state index in [2.05, 4.69) is 24.1 Å². The molecule has 1 aromatic rings. The summed E-state index contributed by atoms with van der Waals surface area (Å²) in [7, 11) is 0. The topological polar surface area (TPSA) is 51.2 Å². The lowest BCUT2D eigenvalue weighted by Crippen LogP contribution is -2.42. The summed E-state index contributed by atoms with van der Waals surface area (Å²) in [5.74, 6) is 0.492. The number of rotatable bonds is 4. The molecule has 4 nitrogen and oxygen atoms in total. The second-order valence-corrected chi connectivity index (χ2v) is 7.08. The molecular formula is C16H22Cl2N2O2. The first kappa shape index (κ1) is 17.5. The van der Waals surface area contributed by atoms with E-state index in [1.165, 1.54) is 6.92 Å². The molecule has 1 aromatic heterocycles. The molecule has 2 rings (SSSR count). The van der Waals surface area contributed by atoms with Crippen LogP contribution in [0.3, 0.4) is 0 Å². The molecule has 0 saturated carbocycles. The number of nitrogens with one attached hydrogen (secondary N) is 1. The number of amides is 1. The Kier molecular flexibility index (Phi) is 6.07. The van der Waals surface area contributed by atoms with E-state index >= 15 is 0 Å². The molecule has 1 saturated heterocycles. The van der Waals surface area contributed by atoms with Crippen LogP contribution in [0.5, 0.6) is 0 Å². The van der Waals surface area contributed by atoms with Crippen molar-refractivity contribution in [2.24, 2.45) is 5.92 Å². The van der Waals surface area contributed by atoms with E-state index in [-0.39, 0.29) is 24.2 Å². The maximum absolute atomic E-state index is 11.4. The fourth-order valence-electron chi connectivity index (χ4n) is 3.01. The Morgan fingerprint density at radius 1 is 1.36 bits per heavy atom. The fourth-order valence-corrected chi connectivity index (χ4v) is 3.62. The zero-order valence-electron chi connectivity index (χ0n) is 13.1. The number of carbonyl (C=O) groups is 1. The molecule has 0 unspecified atom stereocenters. The molecule has 0 radical (unpaired) electrons. The predicted octanol–water partition coefficient (Wildman–Crippen LogP) is 4.16. The van der Waals surface area contributed by atoms with Crippen molar-refractivity contribution in [2.75, 3.05) is 0 Å². The third-order valence-corrected chi connectivity index (χ3v) is 4.36. The second-order valence-electron chi connectivity index (χ2n) is 6.26. The molecule has 1 aliphatic rings. The van der Waals surface area contributed by atoms with Crippen LogP contribution in [-0.4, -0.2) is 23.0 Å². The van der Waals surface area contributed by atoms with Crippen molar-refractivity contribution in [2.45, 2.75) is 58.3 Å². The molecule has 22 heavy (non-hydrogen) atoms. The van der Waals surface area contributed by atoms with Gasteiger partial charge in [-0.3, -0.25) is 9.78 Å². The monoisotopic (exact) mass is 344 g/mol. The maximum Gasteiger partial charge on any atom is 0.217 e. The number of hydrogen-bond donors (Lipinski definition) is 1. The molecule has 1 amide bonds. The minimum atomic E-state index is -0.225. The highest BCUT2D eigenvalue weighted by Gasteiger charge is 2.33. The molecular weight excluding hydrogens is 323 g/mol. The van der Waals surface area contributed by atoms with Gasteiger partial charge in [-0.2, -0.15) is 0 Å². The SMILES string of the molecule is CC(=O)N[C@@H]1C[C@H](CC(C)C)O[C@H](c2c(Cl)cncc2Cl)C1. The smallest absolute Gasteiger partial charge is 0.217 e. The van der Waals surface area contributed by atoms with Gasteiger partial charge < -0.3 is 10.1 Å². The first-order valence-corrected chi connectivity index (χ1v) is 8.33. The molecule has 1 N–H and O–H groups in total. The van der Waals surface area contributed by atoms with Crippen LogP contribution < -0.4 is 5.32 Å². The molecule has 2 heterocycles. The van der Waals surface area contributed by atoms with E-state index in [4.69, 9.17) is 27.9 Å². The summed E-state index contributed by atoms with van der Waals surface area (Å²) in [5, 5.41) is 4.01. The van der Waals surface area contributed by atoms with Gasteiger partial charge in [0, 0.05) is 30.9 Å². The summed E-state index contributed by atoms with van der Waals surface area (Å²) in [6.07, 6.45) is 5.42. The number of hydrogen-bond acceptors (Lipinski definition) is 3. The minimum absolute atomic E-state index is 0.0270. The summed E-state index contributed by atoms with van der Waals surface area (Å²) >= 11 is 12.5. The fraction of sp³-hybridized carbons (Fsp3) is 0.625. The Labute approximate surface area is 141 Å².